The normalized spacial score (nSPS) is 30.8. The molecule has 0 bridgehead atoms. The van der Waals surface area contributed by atoms with E-state index in [1.165, 1.54) is 19.3 Å². The summed E-state index contributed by atoms with van der Waals surface area (Å²) >= 11 is 0. The molecule has 0 aromatic carbocycles. The van der Waals surface area contributed by atoms with Crippen LogP contribution in [0.5, 0.6) is 0 Å². The molecule has 5 heteroatoms. The molecule has 1 saturated heterocycles. The van der Waals surface area contributed by atoms with Crippen LogP contribution < -0.4 is 5.73 Å². The molecule has 1 aliphatic carbocycles. The van der Waals surface area contributed by atoms with Crippen molar-refractivity contribution in [1.82, 2.24) is 14.7 Å². The SMILES string of the molecule is CC1CCN(C(=O)C(N)c2cnn(C)c2)C2CCCCC12. The summed E-state index contributed by atoms with van der Waals surface area (Å²) in [6, 6.07) is -0.174. The Hall–Kier alpha value is -1.36. The molecule has 0 spiro atoms. The van der Waals surface area contributed by atoms with E-state index < -0.39 is 6.04 Å². The van der Waals surface area contributed by atoms with Crippen LogP contribution >= 0.6 is 0 Å². The van der Waals surface area contributed by atoms with E-state index in [1.54, 1.807) is 10.9 Å². The maximum absolute atomic E-state index is 12.8. The molecule has 2 fully saturated rings. The Balaban J connectivity index is 1.77. The van der Waals surface area contributed by atoms with Gasteiger partial charge >= 0.3 is 0 Å². The van der Waals surface area contributed by atoms with Crippen molar-refractivity contribution in [3.63, 3.8) is 0 Å². The van der Waals surface area contributed by atoms with Gasteiger partial charge < -0.3 is 10.6 Å². The molecule has 1 saturated carbocycles. The van der Waals surface area contributed by atoms with Crippen LogP contribution in [0.3, 0.4) is 0 Å². The highest BCUT2D eigenvalue weighted by atomic mass is 16.2. The van der Waals surface area contributed by atoms with Gasteiger partial charge in [0.15, 0.2) is 0 Å². The van der Waals surface area contributed by atoms with E-state index in [0.29, 0.717) is 12.0 Å². The summed E-state index contributed by atoms with van der Waals surface area (Å²) in [5.74, 6) is 1.47. The molecular weight excluding hydrogens is 264 g/mol. The lowest BCUT2D eigenvalue weighted by molar-refractivity contribution is -0.140. The zero-order valence-electron chi connectivity index (χ0n) is 13.0. The summed E-state index contributed by atoms with van der Waals surface area (Å²) in [6.45, 7) is 3.20. The number of carbonyl (C=O) groups excluding carboxylic acids is 1. The first-order valence-electron chi connectivity index (χ1n) is 8.12. The van der Waals surface area contributed by atoms with Gasteiger partial charge in [0.25, 0.3) is 0 Å². The Morgan fingerprint density at radius 1 is 1.38 bits per heavy atom. The van der Waals surface area contributed by atoms with Gasteiger partial charge in [-0.25, -0.2) is 0 Å². The summed E-state index contributed by atoms with van der Waals surface area (Å²) in [5.41, 5.74) is 7.01. The van der Waals surface area contributed by atoms with E-state index in [2.05, 4.69) is 16.9 Å². The average molecular weight is 290 g/mol. The number of amides is 1. The molecule has 21 heavy (non-hydrogen) atoms. The summed E-state index contributed by atoms with van der Waals surface area (Å²) in [6.07, 6.45) is 9.59. The van der Waals surface area contributed by atoms with Crippen molar-refractivity contribution in [1.29, 1.82) is 0 Å². The van der Waals surface area contributed by atoms with Crippen molar-refractivity contribution in [3.05, 3.63) is 18.0 Å². The maximum atomic E-state index is 12.8. The fourth-order valence-electron chi connectivity index (χ4n) is 4.11. The molecule has 2 heterocycles. The van der Waals surface area contributed by atoms with Gasteiger partial charge in [0.1, 0.15) is 6.04 Å². The number of nitrogens with zero attached hydrogens (tertiary/aromatic N) is 3. The van der Waals surface area contributed by atoms with Gasteiger partial charge in [0, 0.05) is 31.4 Å². The average Bonchev–Trinajstić information content (AvgIpc) is 2.93. The highest BCUT2D eigenvalue weighted by Gasteiger charge is 2.40. The molecule has 116 valence electrons. The Morgan fingerprint density at radius 2 is 2.14 bits per heavy atom. The van der Waals surface area contributed by atoms with Gasteiger partial charge in [-0.3, -0.25) is 9.48 Å². The van der Waals surface area contributed by atoms with Gasteiger partial charge in [0.2, 0.25) is 5.91 Å². The molecule has 1 aromatic rings. The summed E-state index contributed by atoms with van der Waals surface area (Å²) in [4.78, 5) is 14.9. The first-order chi connectivity index (χ1) is 10.1. The van der Waals surface area contributed by atoms with Gasteiger partial charge in [-0.05, 0) is 31.1 Å². The number of fused-ring (bicyclic) bond motifs is 1. The largest absolute Gasteiger partial charge is 0.338 e. The molecule has 2 N–H and O–H groups in total. The maximum Gasteiger partial charge on any atom is 0.244 e. The fourth-order valence-corrected chi connectivity index (χ4v) is 4.11. The molecule has 4 unspecified atom stereocenters. The Bertz CT molecular complexity index is 512. The number of rotatable bonds is 2. The van der Waals surface area contributed by atoms with Crippen molar-refractivity contribution < 1.29 is 4.79 Å². The third-order valence-electron chi connectivity index (χ3n) is 5.37. The van der Waals surface area contributed by atoms with Crippen LogP contribution in [0.4, 0.5) is 0 Å². The van der Waals surface area contributed by atoms with Crippen LogP contribution in [0.15, 0.2) is 12.4 Å². The van der Waals surface area contributed by atoms with Crippen LogP contribution in [0.25, 0.3) is 0 Å². The van der Waals surface area contributed by atoms with Crippen molar-refractivity contribution in [3.8, 4) is 0 Å². The highest BCUT2D eigenvalue weighted by Crippen LogP contribution is 2.39. The van der Waals surface area contributed by atoms with E-state index in [-0.39, 0.29) is 5.91 Å². The van der Waals surface area contributed by atoms with Crippen molar-refractivity contribution in [2.75, 3.05) is 6.54 Å². The lowest BCUT2D eigenvalue weighted by Gasteiger charge is -2.47. The number of hydrogen-bond donors (Lipinski definition) is 1. The minimum atomic E-state index is -0.574. The number of aryl methyl sites for hydroxylation is 1. The number of aromatic nitrogens is 2. The van der Waals surface area contributed by atoms with Gasteiger partial charge in [-0.1, -0.05) is 19.8 Å². The predicted molar refractivity (Wildman–Crippen MR) is 81.4 cm³/mol. The summed E-state index contributed by atoms with van der Waals surface area (Å²) in [5, 5.41) is 4.12. The third kappa shape index (κ3) is 2.71. The molecule has 3 rings (SSSR count). The summed E-state index contributed by atoms with van der Waals surface area (Å²) < 4.78 is 1.70. The van der Waals surface area contributed by atoms with E-state index in [1.807, 2.05) is 13.2 Å². The van der Waals surface area contributed by atoms with Crippen LogP contribution in [-0.2, 0) is 11.8 Å². The zero-order chi connectivity index (χ0) is 15.0. The number of hydrogen-bond acceptors (Lipinski definition) is 3. The lowest BCUT2D eigenvalue weighted by Crippen LogP contribution is -2.54. The lowest BCUT2D eigenvalue weighted by atomic mass is 9.72. The van der Waals surface area contributed by atoms with Crippen LogP contribution in [0.2, 0.25) is 0 Å². The predicted octanol–water partition coefficient (Wildman–Crippen LogP) is 1.85. The summed E-state index contributed by atoms with van der Waals surface area (Å²) in [7, 11) is 1.85. The second kappa shape index (κ2) is 5.79. The Labute approximate surface area is 126 Å². The van der Waals surface area contributed by atoms with Crippen LogP contribution in [-0.4, -0.2) is 33.2 Å². The van der Waals surface area contributed by atoms with Gasteiger partial charge in [-0.15, -0.1) is 0 Å². The fraction of sp³-hybridized carbons (Fsp3) is 0.750. The number of nitrogens with two attached hydrogens (primary N) is 1. The topological polar surface area (TPSA) is 64.2 Å². The van der Waals surface area contributed by atoms with E-state index >= 15 is 0 Å². The molecule has 2 aliphatic rings. The van der Waals surface area contributed by atoms with Gasteiger partial charge in [0.05, 0.1) is 6.20 Å². The Kier molecular flexibility index (Phi) is 4.02. The monoisotopic (exact) mass is 290 g/mol. The zero-order valence-corrected chi connectivity index (χ0v) is 13.0. The number of piperidine rings is 1. The van der Waals surface area contributed by atoms with Crippen molar-refractivity contribution >= 4 is 5.91 Å². The second-order valence-electron chi connectivity index (χ2n) is 6.74. The van der Waals surface area contributed by atoms with E-state index in [9.17, 15) is 4.79 Å². The van der Waals surface area contributed by atoms with Gasteiger partial charge in [-0.2, -0.15) is 5.10 Å². The first kappa shape index (κ1) is 14.6. The number of carbonyl (C=O) groups is 1. The van der Waals surface area contributed by atoms with E-state index in [4.69, 9.17) is 5.73 Å². The minimum Gasteiger partial charge on any atom is -0.338 e. The van der Waals surface area contributed by atoms with Crippen molar-refractivity contribution in [2.24, 2.45) is 24.6 Å². The molecule has 4 atom stereocenters. The third-order valence-corrected chi connectivity index (χ3v) is 5.37. The molecular formula is C16H26N4O. The first-order valence-corrected chi connectivity index (χ1v) is 8.12. The standard InChI is InChI=1S/C16H26N4O/c1-11-7-8-20(14-6-4-3-5-13(11)14)16(21)15(17)12-9-18-19(2)10-12/h9-11,13-15H,3-8,17H2,1-2H3. The van der Waals surface area contributed by atoms with E-state index in [0.717, 1.165) is 30.9 Å². The Morgan fingerprint density at radius 3 is 2.86 bits per heavy atom. The quantitative estimate of drug-likeness (QED) is 0.904. The molecule has 1 aromatic heterocycles. The molecule has 5 nitrogen and oxygen atoms in total. The van der Waals surface area contributed by atoms with Crippen LogP contribution in [0.1, 0.15) is 50.6 Å². The second-order valence-corrected chi connectivity index (χ2v) is 6.74. The molecule has 1 amide bonds. The smallest absolute Gasteiger partial charge is 0.244 e. The van der Waals surface area contributed by atoms with Crippen molar-refractivity contribution in [2.45, 2.75) is 51.1 Å². The molecule has 0 radical (unpaired) electrons. The highest BCUT2D eigenvalue weighted by molar-refractivity contribution is 5.83. The minimum absolute atomic E-state index is 0.0757. The van der Waals surface area contributed by atoms with Crippen LogP contribution in [0, 0.1) is 11.8 Å². The molecule has 1 aliphatic heterocycles. The number of likely N-dealkylation sites (tertiary alicyclic amines) is 1.